The summed E-state index contributed by atoms with van der Waals surface area (Å²) in [5.41, 5.74) is 0.604. The number of rotatable bonds is 4. The summed E-state index contributed by atoms with van der Waals surface area (Å²) in [5.74, 6) is 0.585. The third kappa shape index (κ3) is 3.71. The number of benzene rings is 1. The van der Waals surface area contributed by atoms with Gasteiger partial charge in [0.1, 0.15) is 5.82 Å². The molecule has 0 spiro atoms. The number of aryl methyl sites for hydroxylation is 1. The highest BCUT2D eigenvalue weighted by Crippen LogP contribution is 2.24. The van der Waals surface area contributed by atoms with Crippen LogP contribution in [-0.2, 0) is 4.79 Å². The molecule has 1 atom stereocenters. The van der Waals surface area contributed by atoms with E-state index in [2.05, 4.69) is 20.5 Å². The lowest BCUT2D eigenvalue weighted by molar-refractivity contribution is -0.115. The van der Waals surface area contributed by atoms with E-state index >= 15 is 0 Å². The van der Waals surface area contributed by atoms with E-state index in [-0.39, 0.29) is 11.2 Å². The van der Waals surface area contributed by atoms with Crippen molar-refractivity contribution in [1.29, 1.82) is 0 Å². The molecule has 1 heterocycles. The van der Waals surface area contributed by atoms with Gasteiger partial charge in [0.2, 0.25) is 11.1 Å². The van der Waals surface area contributed by atoms with Crippen LogP contribution in [-0.4, -0.2) is 26.3 Å². The predicted octanol–water partition coefficient (Wildman–Crippen LogP) is 2.89. The summed E-state index contributed by atoms with van der Waals surface area (Å²) in [6.07, 6.45) is 0. The van der Waals surface area contributed by atoms with Crippen molar-refractivity contribution in [2.24, 2.45) is 0 Å². The van der Waals surface area contributed by atoms with Crippen LogP contribution in [0.25, 0.3) is 0 Å². The minimum atomic E-state index is -0.313. The van der Waals surface area contributed by atoms with Crippen LogP contribution in [0.5, 0.6) is 0 Å². The van der Waals surface area contributed by atoms with Crippen LogP contribution in [0.4, 0.5) is 5.69 Å². The van der Waals surface area contributed by atoms with Crippen molar-refractivity contribution in [1.82, 2.24) is 15.2 Å². The second kappa shape index (κ2) is 6.08. The fourth-order valence-corrected chi connectivity index (χ4v) is 2.34. The normalized spacial score (nSPS) is 12.2. The number of H-pyrrole nitrogens is 1. The summed E-state index contributed by atoms with van der Waals surface area (Å²) in [4.78, 5) is 16.2. The monoisotopic (exact) mass is 296 g/mol. The maximum atomic E-state index is 12.0. The van der Waals surface area contributed by atoms with Gasteiger partial charge in [0.05, 0.1) is 16.0 Å². The number of hydrogen-bond donors (Lipinski definition) is 2. The van der Waals surface area contributed by atoms with Crippen molar-refractivity contribution >= 4 is 35.0 Å². The molecule has 2 aromatic rings. The lowest BCUT2D eigenvalue weighted by Gasteiger charge is -2.11. The van der Waals surface area contributed by atoms with E-state index in [1.807, 2.05) is 19.1 Å². The number of aromatic nitrogens is 3. The van der Waals surface area contributed by atoms with Crippen LogP contribution in [0.2, 0.25) is 5.02 Å². The number of aromatic amines is 1. The largest absolute Gasteiger partial charge is 0.324 e. The van der Waals surface area contributed by atoms with Gasteiger partial charge in [0.25, 0.3) is 0 Å². The van der Waals surface area contributed by atoms with Crippen molar-refractivity contribution in [3.63, 3.8) is 0 Å². The fraction of sp³-hybridized carbons (Fsp3) is 0.250. The van der Waals surface area contributed by atoms with Crippen LogP contribution >= 0.6 is 23.4 Å². The first-order valence-electron chi connectivity index (χ1n) is 5.67. The topological polar surface area (TPSA) is 70.7 Å². The number of amides is 1. The highest BCUT2D eigenvalue weighted by Gasteiger charge is 2.17. The number of thioether (sulfide) groups is 1. The molecule has 100 valence electrons. The Morgan fingerprint density at radius 2 is 2.21 bits per heavy atom. The molecule has 0 saturated carbocycles. The second-order valence-corrected chi connectivity index (χ2v) is 5.65. The minimum Gasteiger partial charge on any atom is -0.324 e. The average molecular weight is 297 g/mol. The van der Waals surface area contributed by atoms with Crippen LogP contribution in [0.1, 0.15) is 12.7 Å². The van der Waals surface area contributed by atoms with E-state index < -0.39 is 0 Å². The summed E-state index contributed by atoms with van der Waals surface area (Å²) in [6, 6.07) is 7.12. The van der Waals surface area contributed by atoms with Gasteiger partial charge in [-0.15, -0.1) is 5.10 Å². The Morgan fingerprint density at radius 3 is 2.84 bits per heavy atom. The highest BCUT2D eigenvalue weighted by molar-refractivity contribution is 8.00. The third-order valence-corrected chi connectivity index (χ3v) is 3.65. The molecule has 0 bridgehead atoms. The first kappa shape index (κ1) is 13.9. The van der Waals surface area contributed by atoms with Gasteiger partial charge < -0.3 is 5.32 Å². The summed E-state index contributed by atoms with van der Waals surface area (Å²) in [6.45, 7) is 3.61. The molecule has 0 aliphatic carbocycles. The molecule has 0 aliphatic heterocycles. The zero-order chi connectivity index (χ0) is 13.8. The highest BCUT2D eigenvalue weighted by atomic mass is 35.5. The van der Waals surface area contributed by atoms with E-state index in [1.165, 1.54) is 11.8 Å². The van der Waals surface area contributed by atoms with Crippen LogP contribution in [0.15, 0.2) is 29.4 Å². The zero-order valence-electron chi connectivity index (χ0n) is 10.5. The number of halogens is 1. The van der Waals surface area contributed by atoms with Crippen LogP contribution < -0.4 is 5.32 Å². The summed E-state index contributed by atoms with van der Waals surface area (Å²) in [7, 11) is 0. The SMILES string of the molecule is Cc1nc(SC(C)C(=O)Nc2ccccc2Cl)n[nH]1. The van der Waals surface area contributed by atoms with Gasteiger partial charge in [0.15, 0.2) is 0 Å². The zero-order valence-corrected chi connectivity index (χ0v) is 12.0. The first-order valence-corrected chi connectivity index (χ1v) is 6.93. The Hall–Kier alpha value is -1.53. The molecule has 1 unspecified atom stereocenters. The minimum absolute atomic E-state index is 0.138. The second-order valence-electron chi connectivity index (χ2n) is 3.93. The Labute approximate surface area is 120 Å². The van der Waals surface area contributed by atoms with E-state index in [4.69, 9.17) is 11.6 Å². The van der Waals surface area contributed by atoms with Gasteiger partial charge in [0, 0.05) is 0 Å². The Balaban J connectivity index is 1.98. The smallest absolute Gasteiger partial charge is 0.237 e. The molecular weight excluding hydrogens is 284 g/mol. The molecule has 0 fully saturated rings. The third-order valence-electron chi connectivity index (χ3n) is 2.36. The van der Waals surface area contributed by atoms with Gasteiger partial charge in [-0.3, -0.25) is 9.89 Å². The van der Waals surface area contributed by atoms with Crippen LogP contribution in [0, 0.1) is 6.92 Å². The summed E-state index contributed by atoms with van der Waals surface area (Å²) in [5, 5.41) is 10.3. The number of nitrogens with one attached hydrogen (secondary N) is 2. The molecule has 19 heavy (non-hydrogen) atoms. The van der Waals surface area contributed by atoms with Crippen molar-refractivity contribution in [2.45, 2.75) is 24.3 Å². The van der Waals surface area contributed by atoms with E-state index in [1.54, 1.807) is 19.1 Å². The number of carbonyl (C=O) groups is 1. The lowest BCUT2D eigenvalue weighted by Crippen LogP contribution is -2.22. The number of carbonyl (C=O) groups excluding carboxylic acids is 1. The molecule has 0 aliphatic rings. The molecule has 1 aromatic heterocycles. The van der Waals surface area contributed by atoms with E-state index in [0.717, 1.165) is 5.82 Å². The molecule has 2 rings (SSSR count). The molecule has 1 aromatic carbocycles. The van der Waals surface area contributed by atoms with E-state index in [9.17, 15) is 4.79 Å². The molecule has 0 saturated heterocycles. The maximum absolute atomic E-state index is 12.0. The van der Waals surface area contributed by atoms with Crippen molar-refractivity contribution in [3.8, 4) is 0 Å². The fourth-order valence-electron chi connectivity index (χ4n) is 1.38. The number of anilines is 1. The summed E-state index contributed by atoms with van der Waals surface area (Å²) >= 11 is 7.27. The summed E-state index contributed by atoms with van der Waals surface area (Å²) < 4.78 is 0. The molecule has 5 nitrogen and oxygen atoms in total. The van der Waals surface area contributed by atoms with E-state index in [0.29, 0.717) is 15.9 Å². The molecule has 7 heteroatoms. The Bertz CT molecular complexity index is 587. The van der Waals surface area contributed by atoms with Gasteiger partial charge >= 0.3 is 0 Å². The lowest BCUT2D eigenvalue weighted by atomic mass is 10.3. The Morgan fingerprint density at radius 1 is 1.47 bits per heavy atom. The molecular formula is C12H13ClN4OS. The molecule has 2 N–H and O–H groups in total. The van der Waals surface area contributed by atoms with Gasteiger partial charge in [-0.1, -0.05) is 35.5 Å². The number of nitrogens with zero attached hydrogens (tertiary/aromatic N) is 2. The number of para-hydroxylation sites is 1. The molecule has 0 radical (unpaired) electrons. The van der Waals surface area contributed by atoms with Crippen molar-refractivity contribution in [2.75, 3.05) is 5.32 Å². The average Bonchev–Trinajstić information content (AvgIpc) is 2.77. The van der Waals surface area contributed by atoms with Crippen molar-refractivity contribution < 1.29 is 4.79 Å². The predicted molar refractivity (Wildman–Crippen MR) is 76.5 cm³/mol. The quantitative estimate of drug-likeness (QED) is 0.851. The first-order chi connectivity index (χ1) is 9.06. The van der Waals surface area contributed by atoms with Crippen LogP contribution in [0.3, 0.4) is 0 Å². The van der Waals surface area contributed by atoms with Gasteiger partial charge in [-0.25, -0.2) is 4.98 Å². The maximum Gasteiger partial charge on any atom is 0.237 e. The van der Waals surface area contributed by atoms with Gasteiger partial charge in [-0.05, 0) is 26.0 Å². The number of hydrogen-bond acceptors (Lipinski definition) is 4. The standard InChI is InChI=1S/C12H13ClN4OS/c1-7(19-12-14-8(2)16-17-12)11(18)15-10-6-4-3-5-9(10)13/h3-7H,1-2H3,(H,15,18)(H,14,16,17). The van der Waals surface area contributed by atoms with Gasteiger partial charge in [-0.2, -0.15) is 0 Å². The van der Waals surface area contributed by atoms with Crippen molar-refractivity contribution in [3.05, 3.63) is 35.1 Å². The molecule has 1 amide bonds. The Kier molecular flexibility index (Phi) is 4.44.